The molecule has 0 N–H and O–H groups in total. The SMILES string of the molecule is CCCC[N+]1=C(/C=C/C2C(=O)OC(C)(c3ccccc3)OC2=O)C(C)(C)c2ccccc21. The second-order valence-electron chi connectivity index (χ2n) is 9.02. The van der Waals surface area contributed by atoms with Gasteiger partial charge in [-0.05, 0) is 13.8 Å². The van der Waals surface area contributed by atoms with Gasteiger partial charge in [-0.25, -0.2) is 0 Å². The zero-order chi connectivity index (χ0) is 22.9. The first kappa shape index (κ1) is 22.0. The van der Waals surface area contributed by atoms with Crippen molar-refractivity contribution in [1.82, 2.24) is 0 Å². The van der Waals surface area contributed by atoms with Crippen LogP contribution in [0.25, 0.3) is 0 Å². The lowest BCUT2D eigenvalue weighted by Crippen LogP contribution is -2.45. The fourth-order valence-electron chi connectivity index (χ4n) is 4.53. The van der Waals surface area contributed by atoms with E-state index in [1.165, 1.54) is 11.3 Å². The Kier molecular flexibility index (Phi) is 5.76. The number of esters is 2. The van der Waals surface area contributed by atoms with Crippen LogP contribution in [0.15, 0.2) is 66.7 Å². The maximum absolute atomic E-state index is 12.8. The Morgan fingerprint density at radius 2 is 1.56 bits per heavy atom. The first-order chi connectivity index (χ1) is 15.3. The molecular formula is C27H30NO4+. The third kappa shape index (κ3) is 3.77. The maximum atomic E-state index is 12.8. The first-order valence-corrected chi connectivity index (χ1v) is 11.2. The third-order valence-electron chi connectivity index (χ3n) is 6.38. The first-order valence-electron chi connectivity index (χ1n) is 11.2. The molecule has 5 nitrogen and oxygen atoms in total. The van der Waals surface area contributed by atoms with Gasteiger partial charge in [0.2, 0.25) is 5.69 Å². The lowest BCUT2D eigenvalue weighted by Gasteiger charge is -2.35. The molecule has 0 amide bonds. The van der Waals surface area contributed by atoms with Crippen LogP contribution in [0.4, 0.5) is 5.69 Å². The normalized spacial score (nSPS) is 24.4. The summed E-state index contributed by atoms with van der Waals surface area (Å²) < 4.78 is 13.5. The fourth-order valence-corrected chi connectivity index (χ4v) is 4.53. The highest BCUT2D eigenvalue weighted by molar-refractivity contribution is 6.05. The lowest BCUT2D eigenvalue weighted by atomic mass is 9.81. The fraction of sp³-hybridized carbons (Fsp3) is 0.370. The molecule has 166 valence electrons. The van der Waals surface area contributed by atoms with Crippen LogP contribution >= 0.6 is 0 Å². The predicted molar refractivity (Wildman–Crippen MR) is 123 cm³/mol. The summed E-state index contributed by atoms with van der Waals surface area (Å²) in [5.74, 6) is -3.70. The molecule has 0 radical (unpaired) electrons. The minimum atomic E-state index is -1.41. The summed E-state index contributed by atoms with van der Waals surface area (Å²) >= 11 is 0. The van der Waals surface area contributed by atoms with Gasteiger partial charge in [-0.3, -0.25) is 9.59 Å². The van der Waals surface area contributed by atoms with E-state index in [4.69, 9.17) is 9.47 Å². The molecule has 0 bridgehead atoms. The highest BCUT2D eigenvalue weighted by Gasteiger charge is 2.47. The molecule has 2 aromatic carbocycles. The van der Waals surface area contributed by atoms with Gasteiger partial charge in [0.15, 0.2) is 11.6 Å². The Hall–Kier alpha value is -3.21. The number of hydrogen-bond donors (Lipinski definition) is 0. The predicted octanol–water partition coefficient (Wildman–Crippen LogP) is 5.01. The number of para-hydroxylation sites is 1. The van der Waals surface area contributed by atoms with Crippen molar-refractivity contribution in [2.75, 3.05) is 6.54 Å². The molecule has 0 spiro atoms. The van der Waals surface area contributed by atoms with E-state index in [-0.39, 0.29) is 5.41 Å². The molecule has 2 heterocycles. The standard InChI is InChI=1S/C27H30NO4/c1-5-6-18-28-22-15-11-10-14-21(22)26(2,3)23(28)17-16-20-24(29)31-27(4,32-25(20)30)19-12-8-7-9-13-19/h7-17,20H,5-6,18H2,1-4H3/q+1/b17-16+. The van der Waals surface area contributed by atoms with E-state index in [1.54, 1.807) is 25.1 Å². The zero-order valence-corrected chi connectivity index (χ0v) is 19.1. The minimum Gasteiger partial charge on any atom is -0.417 e. The van der Waals surface area contributed by atoms with Crippen LogP contribution in [0, 0.1) is 5.92 Å². The quantitative estimate of drug-likeness (QED) is 0.366. The van der Waals surface area contributed by atoms with Gasteiger partial charge >= 0.3 is 11.9 Å². The molecule has 1 fully saturated rings. The van der Waals surface area contributed by atoms with Crippen molar-refractivity contribution in [1.29, 1.82) is 0 Å². The average Bonchev–Trinajstić information content (AvgIpc) is 2.99. The summed E-state index contributed by atoms with van der Waals surface area (Å²) in [5.41, 5.74) is 3.85. The lowest BCUT2D eigenvalue weighted by molar-refractivity contribution is -0.438. The number of carbonyl (C=O) groups excluding carboxylic acids is 2. The molecule has 0 aliphatic carbocycles. The summed E-state index contributed by atoms with van der Waals surface area (Å²) in [6.45, 7) is 8.97. The average molecular weight is 433 g/mol. The number of nitrogens with zero attached hydrogens (tertiary/aromatic N) is 1. The van der Waals surface area contributed by atoms with Crippen molar-refractivity contribution in [2.45, 2.75) is 51.7 Å². The van der Waals surface area contributed by atoms with Gasteiger partial charge in [-0.1, -0.05) is 68.0 Å². The van der Waals surface area contributed by atoms with Gasteiger partial charge in [0.25, 0.3) is 5.79 Å². The number of ether oxygens (including phenoxy) is 2. The van der Waals surface area contributed by atoms with Crippen LogP contribution in [-0.2, 0) is 30.3 Å². The minimum absolute atomic E-state index is 0.248. The molecule has 0 saturated carbocycles. The Bertz CT molecular complexity index is 1080. The Balaban J connectivity index is 1.63. The van der Waals surface area contributed by atoms with Crippen LogP contribution in [0.3, 0.4) is 0 Å². The van der Waals surface area contributed by atoms with Crippen molar-refractivity contribution in [3.05, 3.63) is 77.9 Å². The van der Waals surface area contributed by atoms with Crippen LogP contribution < -0.4 is 0 Å². The van der Waals surface area contributed by atoms with Gasteiger partial charge < -0.3 is 9.47 Å². The highest BCUT2D eigenvalue weighted by Crippen LogP contribution is 2.40. The summed E-state index contributed by atoms with van der Waals surface area (Å²) in [6.07, 6.45) is 5.64. The molecule has 0 aromatic heterocycles. The van der Waals surface area contributed by atoms with E-state index in [2.05, 4.69) is 37.5 Å². The molecular weight excluding hydrogens is 402 g/mol. The van der Waals surface area contributed by atoms with E-state index in [1.807, 2.05) is 36.4 Å². The molecule has 32 heavy (non-hydrogen) atoms. The summed E-state index contributed by atoms with van der Waals surface area (Å²) in [6, 6.07) is 17.4. The molecule has 2 aliphatic heterocycles. The van der Waals surface area contributed by atoms with Crippen molar-refractivity contribution in [3.8, 4) is 0 Å². The van der Waals surface area contributed by atoms with Crippen molar-refractivity contribution < 1.29 is 23.6 Å². The maximum Gasteiger partial charge on any atom is 0.327 e. The summed E-state index contributed by atoms with van der Waals surface area (Å²) in [7, 11) is 0. The number of unbranched alkanes of at least 4 members (excludes halogenated alkanes) is 1. The molecule has 1 saturated heterocycles. The molecule has 0 unspecified atom stereocenters. The summed E-state index contributed by atoms with van der Waals surface area (Å²) in [4.78, 5) is 25.7. The van der Waals surface area contributed by atoms with Gasteiger partial charge in [0.05, 0.1) is 5.41 Å². The number of hydrogen-bond acceptors (Lipinski definition) is 4. The van der Waals surface area contributed by atoms with Crippen molar-refractivity contribution >= 4 is 23.3 Å². The van der Waals surface area contributed by atoms with E-state index >= 15 is 0 Å². The molecule has 2 aliphatic rings. The van der Waals surface area contributed by atoms with E-state index in [0.717, 1.165) is 25.1 Å². The van der Waals surface area contributed by atoms with Gasteiger partial charge in [0.1, 0.15) is 6.54 Å². The van der Waals surface area contributed by atoms with E-state index < -0.39 is 23.6 Å². The topological polar surface area (TPSA) is 55.6 Å². The number of fused-ring (bicyclic) bond motifs is 1. The number of carbonyl (C=O) groups is 2. The van der Waals surface area contributed by atoms with Gasteiger partial charge in [-0.15, -0.1) is 0 Å². The number of rotatable bonds is 6. The molecule has 0 atom stereocenters. The number of benzene rings is 2. The Morgan fingerprint density at radius 3 is 2.22 bits per heavy atom. The largest absolute Gasteiger partial charge is 0.417 e. The van der Waals surface area contributed by atoms with Crippen LogP contribution in [0.1, 0.15) is 51.7 Å². The second-order valence-corrected chi connectivity index (χ2v) is 9.02. The van der Waals surface area contributed by atoms with E-state index in [0.29, 0.717) is 5.56 Å². The number of allylic oxidation sites excluding steroid dienone is 1. The monoisotopic (exact) mass is 432 g/mol. The molecule has 4 rings (SSSR count). The van der Waals surface area contributed by atoms with E-state index in [9.17, 15) is 9.59 Å². The molecule has 5 heteroatoms. The number of cyclic esters (lactones) is 2. The van der Waals surface area contributed by atoms with Crippen LogP contribution in [-0.4, -0.2) is 28.8 Å². The Morgan fingerprint density at radius 1 is 0.938 bits per heavy atom. The van der Waals surface area contributed by atoms with Crippen LogP contribution in [0.5, 0.6) is 0 Å². The summed E-state index contributed by atoms with van der Waals surface area (Å²) in [5, 5.41) is 0. The van der Waals surface area contributed by atoms with Crippen molar-refractivity contribution in [3.63, 3.8) is 0 Å². The Labute approximate surface area is 189 Å². The van der Waals surface area contributed by atoms with Crippen molar-refractivity contribution in [2.24, 2.45) is 5.92 Å². The highest BCUT2D eigenvalue weighted by atomic mass is 16.7. The zero-order valence-electron chi connectivity index (χ0n) is 19.1. The van der Waals surface area contributed by atoms with Gasteiger partial charge in [0, 0.05) is 36.6 Å². The van der Waals surface area contributed by atoms with Crippen LogP contribution in [0.2, 0.25) is 0 Å². The second kappa shape index (κ2) is 8.38. The molecule has 2 aromatic rings. The smallest absolute Gasteiger partial charge is 0.327 e. The van der Waals surface area contributed by atoms with Gasteiger partial charge in [-0.2, -0.15) is 4.58 Å². The third-order valence-corrected chi connectivity index (χ3v) is 6.38.